The average molecular weight is 346 g/mol. The maximum absolute atomic E-state index is 10.9. The van der Waals surface area contributed by atoms with Crippen LogP contribution in [0.5, 0.6) is 0 Å². The van der Waals surface area contributed by atoms with Gasteiger partial charge in [-0.15, -0.1) is 0 Å². The molecule has 0 amide bonds. The molecule has 0 spiro atoms. The average Bonchev–Trinajstić information content (AvgIpc) is 2.73. The molecule has 0 bridgehead atoms. The van der Waals surface area contributed by atoms with Crippen molar-refractivity contribution in [1.29, 1.82) is 0 Å². The molecular weight excluding hydrogens is 336 g/mol. The zero-order chi connectivity index (χ0) is 14.0. The Bertz CT molecular complexity index is 627. The zero-order valence-electron chi connectivity index (χ0n) is 9.94. The van der Waals surface area contributed by atoms with Gasteiger partial charge in [0, 0.05) is 16.1 Å². The molecule has 1 aromatic carbocycles. The summed E-state index contributed by atoms with van der Waals surface area (Å²) in [7, 11) is 0. The third-order valence-electron chi connectivity index (χ3n) is 2.56. The highest BCUT2D eigenvalue weighted by Gasteiger charge is 2.14. The molecule has 100 valence electrons. The van der Waals surface area contributed by atoms with Crippen LogP contribution < -0.4 is 5.32 Å². The molecule has 0 saturated carbocycles. The minimum Gasteiger partial charge on any atom is -0.448 e. The predicted octanol–water partition coefficient (Wildman–Crippen LogP) is 4.52. The Labute approximate surface area is 122 Å². The molecular formula is C12H10BrClN2O3. The Balaban J connectivity index is 2.20. The second-order valence-electron chi connectivity index (χ2n) is 3.94. The molecule has 0 aliphatic rings. The lowest BCUT2D eigenvalue weighted by molar-refractivity contribution is -0.385. The molecule has 1 aromatic heterocycles. The van der Waals surface area contributed by atoms with E-state index < -0.39 is 4.92 Å². The fourth-order valence-electron chi connectivity index (χ4n) is 1.62. The summed E-state index contributed by atoms with van der Waals surface area (Å²) in [5.41, 5.74) is 1.30. The van der Waals surface area contributed by atoms with Gasteiger partial charge in [0.1, 0.15) is 5.76 Å². The fraction of sp³-hybridized carbons (Fsp3) is 0.167. The van der Waals surface area contributed by atoms with E-state index in [-0.39, 0.29) is 5.69 Å². The van der Waals surface area contributed by atoms with Crippen LogP contribution in [-0.2, 0) is 6.54 Å². The molecule has 0 aliphatic heterocycles. The molecule has 0 aliphatic carbocycles. The number of hydrogen-bond acceptors (Lipinski definition) is 4. The minimum atomic E-state index is -0.406. The van der Waals surface area contributed by atoms with Gasteiger partial charge in [-0.1, -0.05) is 0 Å². The first kappa shape index (κ1) is 13.9. The topological polar surface area (TPSA) is 68.3 Å². The van der Waals surface area contributed by atoms with Gasteiger partial charge in [-0.25, -0.2) is 0 Å². The second-order valence-corrected chi connectivity index (χ2v) is 5.16. The molecule has 0 radical (unpaired) electrons. The van der Waals surface area contributed by atoms with Crippen LogP contribution in [0.1, 0.15) is 11.3 Å². The van der Waals surface area contributed by atoms with Crippen molar-refractivity contribution in [1.82, 2.24) is 0 Å². The van der Waals surface area contributed by atoms with E-state index in [1.54, 1.807) is 25.1 Å². The number of nitrogens with zero attached hydrogens (tertiary/aromatic N) is 1. The molecule has 2 aromatic rings. The zero-order valence-corrected chi connectivity index (χ0v) is 12.3. The van der Waals surface area contributed by atoms with Crippen molar-refractivity contribution in [2.45, 2.75) is 13.5 Å². The first-order valence-corrected chi connectivity index (χ1v) is 6.57. The largest absolute Gasteiger partial charge is 0.448 e. The summed E-state index contributed by atoms with van der Waals surface area (Å²) < 4.78 is 5.96. The lowest BCUT2D eigenvalue weighted by Crippen LogP contribution is -2.01. The number of rotatable bonds is 4. The summed E-state index contributed by atoms with van der Waals surface area (Å²) in [6.45, 7) is 2.09. The van der Waals surface area contributed by atoms with E-state index in [1.807, 2.05) is 0 Å². The van der Waals surface area contributed by atoms with Crippen molar-refractivity contribution in [2.75, 3.05) is 5.32 Å². The molecule has 19 heavy (non-hydrogen) atoms. The summed E-state index contributed by atoms with van der Waals surface area (Å²) in [5, 5.41) is 14.3. The first-order chi connectivity index (χ1) is 8.97. The van der Waals surface area contributed by atoms with E-state index in [1.165, 1.54) is 6.07 Å². The van der Waals surface area contributed by atoms with Crippen LogP contribution in [0.3, 0.4) is 0 Å². The number of nitrogens with one attached hydrogen (secondary N) is 1. The number of hydrogen-bond donors (Lipinski definition) is 1. The molecule has 7 heteroatoms. The Hall–Kier alpha value is -1.53. The van der Waals surface area contributed by atoms with Crippen molar-refractivity contribution in [3.8, 4) is 0 Å². The highest BCUT2D eigenvalue weighted by molar-refractivity contribution is 9.10. The first-order valence-electron chi connectivity index (χ1n) is 5.40. The fourth-order valence-corrected chi connectivity index (χ4v) is 2.38. The monoisotopic (exact) mass is 344 g/mol. The minimum absolute atomic E-state index is 0.0724. The summed E-state index contributed by atoms with van der Waals surface area (Å²) in [4.78, 5) is 10.5. The highest BCUT2D eigenvalue weighted by Crippen LogP contribution is 2.31. The van der Waals surface area contributed by atoms with E-state index in [2.05, 4.69) is 21.2 Å². The molecule has 1 N–H and O–H groups in total. The molecule has 0 fully saturated rings. The summed E-state index contributed by atoms with van der Waals surface area (Å²) in [6.07, 6.45) is 0. The lowest BCUT2D eigenvalue weighted by atomic mass is 10.2. The van der Waals surface area contributed by atoms with Gasteiger partial charge < -0.3 is 9.73 Å². The predicted molar refractivity (Wildman–Crippen MR) is 76.6 cm³/mol. The van der Waals surface area contributed by atoms with Crippen LogP contribution >= 0.6 is 27.5 Å². The van der Waals surface area contributed by atoms with Crippen LogP contribution in [0.2, 0.25) is 5.22 Å². The van der Waals surface area contributed by atoms with Gasteiger partial charge in [-0.3, -0.25) is 10.1 Å². The van der Waals surface area contributed by atoms with E-state index in [4.69, 9.17) is 16.0 Å². The third kappa shape index (κ3) is 3.27. The van der Waals surface area contributed by atoms with Crippen LogP contribution in [0.4, 0.5) is 11.4 Å². The number of nitro benzene ring substituents is 1. The van der Waals surface area contributed by atoms with Crippen LogP contribution in [0.25, 0.3) is 0 Å². The quantitative estimate of drug-likeness (QED) is 0.653. The van der Waals surface area contributed by atoms with E-state index in [9.17, 15) is 10.1 Å². The number of aryl methyl sites for hydroxylation is 1. The molecule has 1 heterocycles. The smallest absolute Gasteiger partial charge is 0.274 e. The molecule has 0 saturated heterocycles. The molecule has 0 unspecified atom stereocenters. The van der Waals surface area contributed by atoms with Crippen molar-refractivity contribution >= 4 is 38.9 Å². The van der Waals surface area contributed by atoms with Gasteiger partial charge in [0.05, 0.1) is 17.2 Å². The Kier molecular flexibility index (Phi) is 4.11. The number of furan rings is 1. The Morgan fingerprint density at radius 3 is 2.79 bits per heavy atom. The van der Waals surface area contributed by atoms with Crippen molar-refractivity contribution in [2.24, 2.45) is 0 Å². The lowest BCUT2D eigenvalue weighted by Gasteiger charge is -2.08. The SMILES string of the molecule is Cc1cc(Br)c(NCc2ccc(Cl)o2)cc1[N+](=O)[O-]. The van der Waals surface area contributed by atoms with Crippen LogP contribution in [0.15, 0.2) is 33.2 Å². The third-order valence-corrected chi connectivity index (χ3v) is 3.42. The Morgan fingerprint density at radius 2 is 2.21 bits per heavy atom. The van der Waals surface area contributed by atoms with Gasteiger partial charge in [0.25, 0.3) is 5.69 Å². The maximum Gasteiger partial charge on any atom is 0.274 e. The van der Waals surface area contributed by atoms with Gasteiger partial charge in [0.15, 0.2) is 5.22 Å². The maximum atomic E-state index is 10.9. The van der Waals surface area contributed by atoms with E-state index in [0.717, 1.165) is 4.47 Å². The normalized spacial score (nSPS) is 10.5. The molecule has 5 nitrogen and oxygen atoms in total. The van der Waals surface area contributed by atoms with Gasteiger partial charge in [-0.05, 0) is 52.7 Å². The van der Waals surface area contributed by atoms with Gasteiger partial charge in [-0.2, -0.15) is 0 Å². The highest BCUT2D eigenvalue weighted by atomic mass is 79.9. The summed E-state index contributed by atoms with van der Waals surface area (Å²) in [6, 6.07) is 6.58. The number of halogens is 2. The van der Waals surface area contributed by atoms with Crippen molar-refractivity contribution in [3.63, 3.8) is 0 Å². The second kappa shape index (κ2) is 5.63. The van der Waals surface area contributed by atoms with Crippen LogP contribution in [-0.4, -0.2) is 4.92 Å². The number of anilines is 1. The molecule has 2 rings (SSSR count). The molecule has 0 atom stereocenters. The Morgan fingerprint density at radius 1 is 1.47 bits per heavy atom. The van der Waals surface area contributed by atoms with Crippen molar-refractivity contribution in [3.05, 3.63) is 55.4 Å². The van der Waals surface area contributed by atoms with Gasteiger partial charge in [0.2, 0.25) is 0 Å². The van der Waals surface area contributed by atoms with Crippen molar-refractivity contribution < 1.29 is 9.34 Å². The summed E-state index contributed by atoms with van der Waals surface area (Å²) in [5.74, 6) is 0.653. The number of benzene rings is 1. The van der Waals surface area contributed by atoms with E-state index >= 15 is 0 Å². The standard InChI is InChI=1S/C12H10BrClN2O3/c1-7-4-9(13)10(5-11(7)16(17)18)15-6-8-2-3-12(14)19-8/h2-5,15H,6H2,1H3. The number of nitro groups is 1. The summed E-state index contributed by atoms with van der Waals surface area (Å²) >= 11 is 9.04. The van der Waals surface area contributed by atoms with Crippen LogP contribution in [0, 0.1) is 17.0 Å². The van der Waals surface area contributed by atoms with E-state index in [0.29, 0.717) is 28.8 Å². The van der Waals surface area contributed by atoms with Gasteiger partial charge >= 0.3 is 0 Å².